The Hall–Kier alpha value is -0.0800. The van der Waals surface area contributed by atoms with Crippen molar-refractivity contribution in [2.45, 2.75) is 58.5 Å². The number of nitrogens with one attached hydrogen (secondary N) is 1. The lowest BCUT2D eigenvalue weighted by atomic mass is 9.90. The molecule has 12 heavy (non-hydrogen) atoms. The molecule has 74 valence electrons. The van der Waals surface area contributed by atoms with E-state index in [1.807, 2.05) is 0 Å². The van der Waals surface area contributed by atoms with Gasteiger partial charge < -0.3 is 11.1 Å². The van der Waals surface area contributed by atoms with E-state index in [0.717, 1.165) is 13.0 Å². The third-order valence-electron chi connectivity index (χ3n) is 2.39. The normalized spacial score (nSPS) is 16.5. The van der Waals surface area contributed by atoms with Gasteiger partial charge in [-0.2, -0.15) is 0 Å². The van der Waals surface area contributed by atoms with Crippen molar-refractivity contribution in [1.29, 1.82) is 0 Å². The molecule has 0 saturated heterocycles. The van der Waals surface area contributed by atoms with Crippen LogP contribution in [-0.2, 0) is 0 Å². The molecule has 1 atom stereocenters. The average Bonchev–Trinajstić information content (AvgIpc) is 2.03. The first-order valence-corrected chi connectivity index (χ1v) is 5.08. The van der Waals surface area contributed by atoms with Gasteiger partial charge in [0.2, 0.25) is 0 Å². The molecule has 0 aliphatic heterocycles. The highest BCUT2D eigenvalue weighted by molar-refractivity contribution is 4.88. The largest absolute Gasteiger partial charge is 0.329 e. The summed E-state index contributed by atoms with van der Waals surface area (Å²) in [6.07, 6.45) is 3.50. The van der Waals surface area contributed by atoms with Crippen LogP contribution in [0.5, 0.6) is 0 Å². The van der Waals surface area contributed by atoms with Crippen molar-refractivity contribution < 1.29 is 0 Å². The van der Waals surface area contributed by atoms with E-state index in [-0.39, 0.29) is 5.54 Å². The lowest BCUT2D eigenvalue weighted by Gasteiger charge is -2.34. The predicted octanol–water partition coefficient (Wildman–Crippen LogP) is 1.89. The van der Waals surface area contributed by atoms with Crippen LogP contribution in [0.1, 0.15) is 47.0 Å². The highest BCUT2D eigenvalue weighted by Crippen LogP contribution is 2.16. The number of nitrogens with two attached hydrogens (primary N) is 1. The fourth-order valence-electron chi connectivity index (χ4n) is 1.75. The van der Waals surface area contributed by atoms with E-state index in [0.29, 0.717) is 6.04 Å². The van der Waals surface area contributed by atoms with E-state index in [9.17, 15) is 0 Å². The molecule has 1 unspecified atom stereocenters. The maximum Gasteiger partial charge on any atom is 0.0303 e. The lowest BCUT2D eigenvalue weighted by molar-refractivity contribution is 0.274. The molecule has 0 aliphatic rings. The quantitative estimate of drug-likeness (QED) is 0.642. The average molecular weight is 172 g/mol. The zero-order valence-corrected chi connectivity index (χ0v) is 8.98. The molecule has 0 bridgehead atoms. The predicted molar refractivity (Wildman–Crippen MR) is 55.3 cm³/mol. The van der Waals surface area contributed by atoms with Crippen molar-refractivity contribution in [3.8, 4) is 0 Å². The molecule has 0 aromatic rings. The van der Waals surface area contributed by atoms with Gasteiger partial charge in [0.15, 0.2) is 0 Å². The van der Waals surface area contributed by atoms with Gasteiger partial charge in [0.1, 0.15) is 0 Å². The monoisotopic (exact) mass is 172 g/mol. The third-order valence-corrected chi connectivity index (χ3v) is 2.39. The maximum atomic E-state index is 5.79. The molecule has 0 fully saturated rings. The Balaban J connectivity index is 4.13. The maximum absolute atomic E-state index is 5.79. The smallest absolute Gasteiger partial charge is 0.0303 e. The highest BCUT2D eigenvalue weighted by Gasteiger charge is 2.25. The van der Waals surface area contributed by atoms with E-state index in [2.05, 4.69) is 33.0 Å². The molecule has 0 amide bonds. The van der Waals surface area contributed by atoms with Crippen LogP contribution in [-0.4, -0.2) is 18.1 Å². The van der Waals surface area contributed by atoms with Crippen molar-refractivity contribution in [1.82, 2.24) is 5.32 Å². The summed E-state index contributed by atoms with van der Waals surface area (Å²) < 4.78 is 0. The van der Waals surface area contributed by atoms with Crippen LogP contribution in [0.15, 0.2) is 0 Å². The number of hydrogen-bond acceptors (Lipinski definition) is 2. The lowest BCUT2D eigenvalue weighted by Crippen LogP contribution is -2.53. The first-order chi connectivity index (χ1) is 5.60. The first-order valence-electron chi connectivity index (χ1n) is 5.08. The second kappa shape index (κ2) is 5.55. The van der Waals surface area contributed by atoms with Gasteiger partial charge in [0.25, 0.3) is 0 Å². The fraction of sp³-hybridized carbons (Fsp3) is 1.00. The summed E-state index contributed by atoms with van der Waals surface area (Å²) in [5, 5.41) is 3.57. The summed E-state index contributed by atoms with van der Waals surface area (Å²) in [5.74, 6) is 0. The summed E-state index contributed by atoms with van der Waals surface area (Å²) in [5.41, 5.74) is 5.97. The van der Waals surface area contributed by atoms with Crippen LogP contribution >= 0.6 is 0 Å². The molecule has 0 rings (SSSR count). The minimum Gasteiger partial charge on any atom is -0.329 e. The summed E-state index contributed by atoms with van der Waals surface area (Å²) in [6, 6.07) is 0.528. The van der Waals surface area contributed by atoms with Crippen molar-refractivity contribution in [2.24, 2.45) is 5.73 Å². The zero-order chi connectivity index (χ0) is 9.61. The van der Waals surface area contributed by atoms with Gasteiger partial charge in [0.05, 0.1) is 0 Å². The number of hydrogen-bond donors (Lipinski definition) is 2. The summed E-state index contributed by atoms with van der Waals surface area (Å²) in [4.78, 5) is 0. The van der Waals surface area contributed by atoms with Crippen LogP contribution < -0.4 is 11.1 Å². The van der Waals surface area contributed by atoms with Crippen LogP contribution in [0.2, 0.25) is 0 Å². The molecule has 0 heterocycles. The van der Waals surface area contributed by atoms with Gasteiger partial charge >= 0.3 is 0 Å². The van der Waals surface area contributed by atoms with Crippen molar-refractivity contribution in [3.05, 3.63) is 0 Å². The Morgan fingerprint density at radius 1 is 1.33 bits per heavy atom. The standard InChI is InChI=1S/C10H24N2/c1-5-7-10(6-2,8-11)12-9(3)4/h9,12H,5-8,11H2,1-4H3. The molecule has 0 spiro atoms. The second-order valence-corrected chi connectivity index (χ2v) is 3.89. The molecule has 0 radical (unpaired) electrons. The minimum absolute atomic E-state index is 0.183. The third kappa shape index (κ3) is 3.55. The van der Waals surface area contributed by atoms with E-state index >= 15 is 0 Å². The van der Waals surface area contributed by atoms with E-state index < -0.39 is 0 Å². The molecule has 2 nitrogen and oxygen atoms in total. The summed E-state index contributed by atoms with van der Waals surface area (Å²) >= 11 is 0. The minimum atomic E-state index is 0.183. The molecule has 3 N–H and O–H groups in total. The Kier molecular flexibility index (Phi) is 5.51. The van der Waals surface area contributed by atoms with Crippen molar-refractivity contribution in [2.75, 3.05) is 6.54 Å². The molecular formula is C10H24N2. The van der Waals surface area contributed by atoms with Gasteiger partial charge in [-0.1, -0.05) is 34.1 Å². The van der Waals surface area contributed by atoms with Crippen LogP contribution in [0.25, 0.3) is 0 Å². The fourth-order valence-corrected chi connectivity index (χ4v) is 1.75. The molecule has 0 aromatic heterocycles. The topological polar surface area (TPSA) is 38.0 Å². The van der Waals surface area contributed by atoms with Gasteiger partial charge in [-0.15, -0.1) is 0 Å². The molecule has 0 aliphatic carbocycles. The Bertz CT molecular complexity index is 106. The van der Waals surface area contributed by atoms with Gasteiger partial charge in [0, 0.05) is 18.1 Å². The summed E-state index contributed by atoms with van der Waals surface area (Å²) in [6.45, 7) is 9.51. The molecule has 0 saturated carbocycles. The van der Waals surface area contributed by atoms with Crippen LogP contribution in [0.3, 0.4) is 0 Å². The number of rotatable bonds is 6. The Labute approximate surface area is 76.9 Å². The Morgan fingerprint density at radius 3 is 2.17 bits per heavy atom. The van der Waals surface area contributed by atoms with E-state index in [1.54, 1.807) is 0 Å². The van der Waals surface area contributed by atoms with Gasteiger partial charge in [-0.25, -0.2) is 0 Å². The SMILES string of the molecule is CCCC(CC)(CN)NC(C)C. The zero-order valence-electron chi connectivity index (χ0n) is 8.98. The molecule has 0 aromatic carbocycles. The van der Waals surface area contributed by atoms with Crippen LogP contribution in [0.4, 0.5) is 0 Å². The van der Waals surface area contributed by atoms with Gasteiger partial charge in [-0.3, -0.25) is 0 Å². The molecule has 2 heteroatoms. The highest BCUT2D eigenvalue weighted by atomic mass is 15.0. The van der Waals surface area contributed by atoms with Crippen molar-refractivity contribution >= 4 is 0 Å². The first kappa shape index (κ1) is 11.9. The molecular weight excluding hydrogens is 148 g/mol. The van der Waals surface area contributed by atoms with Crippen LogP contribution in [0, 0.1) is 0 Å². The van der Waals surface area contributed by atoms with Gasteiger partial charge in [-0.05, 0) is 12.8 Å². The van der Waals surface area contributed by atoms with E-state index in [4.69, 9.17) is 5.73 Å². The van der Waals surface area contributed by atoms with E-state index in [1.165, 1.54) is 12.8 Å². The van der Waals surface area contributed by atoms with Crippen molar-refractivity contribution in [3.63, 3.8) is 0 Å². The Morgan fingerprint density at radius 2 is 1.92 bits per heavy atom. The summed E-state index contributed by atoms with van der Waals surface area (Å²) in [7, 11) is 0. The second-order valence-electron chi connectivity index (χ2n) is 3.89.